The maximum absolute atomic E-state index is 13.6. The molecule has 1 aliphatic heterocycles. The zero-order chi connectivity index (χ0) is 22.8. The highest BCUT2D eigenvalue weighted by Crippen LogP contribution is 2.41. The molecule has 2 atom stereocenters. The first kappa shape index (κ1) is 21.0. The molecule has 4 rings (SSSR count). The van der Waals surface area contributed by atoms with Gasteiger partial charge in [0.25, 0.3) is 5.91 Å². The first-order chi connectivity index (χ1) is 15.4. The van der Waals surface area contributed by atoms with Gasteiger partial charge in [0.1, 0.15) is 17.5 Å². The average molecular weight is 427 g/mol. The highest BCUT2D eigenvalue weighted by Gasteiger charge is 2.52. The standard InChI is InChI=1S/C26H18FNO4/c1-3-16-4-12-20(13-5-16)28-23(17-6-10-19(27)11-7-17)22(25(30)26(28)31)24(29)18-8-14-21(32-2)15-9-18/h1,4-15,22-23H,2H3. The Hall–Kier alpha value is -4.24. The van der Waals surface area contributed by atoms with Gasteiger partial charge >= 0.3 is 0 Å². The van der Waals surface area contributed by atoms with Crippen molar-refractivity contribution in [3.8, 4) is 18.1 Å². The van der Waals surface area contributed by atoms with E-state index < -0.39 is 35.3 Å². The molecule has 158 valence electrons. The summed E-state index contributed by atoms with van der Waals surface area (Å²) >= 11 is 0. The van der Waals surface area contributed by atoms with Crippen molar-refractivity contribution < 1.29 is 23.5 Å². The monoisotopic (exact) mass is 427 g/mol. The molecule has 1 saturated heterocycles. The molecule has 0 aliphatic carbocycles. The summed E-state index contributed by atoms with van der Waals surface area (Å²) in [7, 11) is 1.50. The van der Waals surface area contributed by atoms with E-state index in [9.17, 15) is 18.8 Å². The summed E-state index contributed by atoms with van der Waals surface area (Å²) in [6.45, 7) is 0. The fourth-order valence-corrected chi connectivity index (χ4v) is 3.87. The zero-order valence-electron chi connectivity index (χ0n) is 17.1. The van der Waals surface area contributed by atoms with Crippen molar-refractivity contribution in [1.29, 1.82) is 0 Å². The number of ether oxygens (including phenoxy) is 1. The molecule has 32 heavy (non-hydrogen) atoms. The van der Waals surface area contributed by atoms with Gasteiger partial charge in [-0.15, -0.1) is 6.42 Å². The van der Waals surface area contributed by atoms with Gasteiger partial charge in [-0.1, -0.05) is 18.1 Å². The predicted octanol–water partition coefficient (Wildman–Crippen LogP) is 3.97. The summed E-state index contributed by atoms with van der Waals surface area (Å²) in [6.07, 6.45) is 5.41. The second-order valence-electron chi connectivity index (χ2n) is 7.30. The lowest BCUT2D eigenvalue weighted by atomic mass is 9.86. The molecular weight excluding hydrogens is 409 g/mol. The van der Waals surface area contributed by atoms with E-state index in [1.54, 1.807) is 48.5 Å². The minimum atomic E-state index is -1.28. The van der Waals surface area contributed by atoms with Gasteiger partial charge in [0.15, 0.2) is 5.78 Å². The third-order valence-electron chi connectivity index (χ3n) is 5.49. The Bertz CT molecular complexity index is 1220. The number of ketones is 2. The van der Waals surface area contributed by atoms with E-state index >= 15 is 0 Å². The molecule has 5 nitrogen and oxygen atoms in total. The van der Waals surface area contributed by atoms with E-state index in [4.69, 9.17) is 11.2 Å². The Morgan fingerprint density at radius 3 is 2.16 bits per heavy atom. The van der Waals surface area contributed by atoms with Gasteiger partial charge in [-0.05, 0) is 66.2 Å². The zero-order valence-corrected chi connectivity index (χ0v) is 17.1. The Morgan fingerprint density at radius 2 is 1.59 bits per heavy atom. The molecular formula is C26H18FNO4. The maximum Gasteiger partial charge on any atom is 0.295 e. The Labute approximate surface area is 184 Å². The van der Waals surface area contributed by atoms with Crippen LogP contribution in [0.25, 0.3) is 0 Å². The first-order valence-electron chi connectivity index (χ1n) is 9.82. The van der Waals surface area contributed by atoms with Crippen molar-refractivity contribution in [2.45, 2.75) is 6.04 Å². The average Bonchev–Trinajstić information content (AvgIpc) is 3.09. The fraction of sp³-hybridized carbons (Fsp3) is 0.115. The second-order valence-corrected chi connectivity index (χ2v) is 7.30. The Morgan fingerprint density at radius 1 is 0.969 bits per heavy atom. The predicted molar refractivity (Wildman–Crippen MR) is 117 cm³/mol. The summed E-state index contributed by atoms with van der Waals surface area (Å²) < 4.78 is 18.7. The van der Waals surface area contributed by atoms with Gasteiger partial charge < -0.3 is 4.74 Å². The highest BCUT2D eigenvalue weighted by molar-refractivity contribution is 6.49. The lowest BCUT2D eigenvalue weighted by Crippen LogP contribution is -2.30. The Kier molecular flexibility index (Phi) is 5.57. The minimum absolute atomic E-state index is 0.272. The van der Waals surface area contributed by atoms with Crippen LogP contribution in [0.5, 0.6) is 5.75 Å². The van der Waals surface area contributed by atoms with Crippen LogP contribution in [0.3, 0.4) is 0 Å². The van der Waals surface area contributed by atoms with Crippen LogP contribution in [-0.2, 0) is 9.59 Å². The van der Waals surface area contributed by atoms with Crippen molar-refractivity contribution >= 4 is 23.2 Å². The molecule has 1 amide bonds. The smallest absolute Gasteiger partial charge is 0.295 e. The SMILES string of the molecule is C#Cc1ccc(N2C(=O)C(=O)C(C(=O)c3ccc(OC)cc3)C2c2ccc(F)cc2)cc1. The summed E-state index contributed by atoms with van der Waals surface area (Å²) in [6, 6.07) is 17.3. The molecule has 2 unspecified atom stereocenters. The summed E-state index contributed by atoms with van der Waals surface area (Å²) in [5.41, 5.74) is 1.77. The van der Waals surface area contributed by atoms with Crippen LogP contribution < -0.4 is 9.64 Å². The highest BCUT2D eigenvalue weighted by atomic mass is 19.1. The quantitative estimate of drug-likeness (QED) is 0.268. The molecule has 1 heterocycles. The Balaban J connectivity index is 1.82. The minimum Gasteiger partial charge on any atom is -0.497 e. The van der Waals surface area contributed by atoms with Crippen LogP contribution in [0.15, 0.2) is 72.8 Å². The van der Waals surface area contributed by atoms with Crippen molar-refractivity contribution in [2.75, 3.05) is 12.0 Å². The molecule has 1 aliphatic rings. The van der Waals surface area contributed by atoms with Crippen LogP contribution in [0.1, 0.15) is 27.5 Å². The third-order valence-corrected chi connectivity index (χ3v) is 5.49. The van der Waals surface area contributed by atoms with Crippen molar-refractivity contribution in [3.63, 3.8) is 0 Å². The number of terminal acetylenes is 1. The first-order valence-corrected chi connectivity index (χ1v) is 9.82. The largest absolute Gasteiger partial charge is 0.497 e. The second kappa shape index (κ2) is 8.48. The van der Waals surface area contributed by atoms with Gasteiger partial charge in [-0.25, -0.2) is 4.39 Å². The number of hydrogen-bond donors (Lipinski definition) is 0. The normalized spacial score (nSPS) is 17.8. The number of amides is 1. The molecule has 0 bridgehead atoms. The van der Waals surface area contributed by atoms with E-state index in [1.165, 1.54) is 36.3 Å². The van der Waals surface area contributed by atoms with E-state index in [1.807, 2.05) is 0 Å². The van der Waals surface area contributed by atoms with Gasteiger partial charge in [-0.2, -0.15) is 0 Å². The molecule has 3 aromatic carbocycles. The maximum atomic E-state index is 13.6. The topological polar surface area (TPSA) is 63.7 Å². The van der Waals surface area contributed by atoms with E-state index in [2.05, 4.69) is 5.92 Å². The number of halogens is 1. The van der Waals surface area contributed by atoms with Gasteiger partial charge in [0.2, 0.25) is 5.78 Å². The van der Waals surface area contributed by atoms with E-state index in [0.29, 0.717) is 22.6 Å². The lowest BCUT2D eigenvalue weighted by molar-refractivity contribution is -0.135. The number of carbonyl (C=O) groups is 3. The molecule has 3 aromatic rings. The van der Waals surface area contributed by atoms with Gasteiger partial charge in [-0.3, -0.25) is 19.3 Å². The molecule has 0 aromatic heterocycles. The lowest BCUT2D eigenvalue weighted by Gasteiger charge is -2.27. The summed E-state index contributed by atoms with van der Waals surface area (Å²) in [4.78, 5) is 40.8. The number of hydrogen-bond acceptors (Lipinski definition) is 4. The van der Waals surface area contributed by atoms with Crippen LogP contribution in [0, 0.1) is 24.1 Å². The number of anilines is 1. The van der Waals surface area contributed by atoms with E-state index in [-0.39, 0.29) is 5.56 Å². The molecule has 0 N–H and O–H groups in total. The van der Waals surface area contributed by atoms with Gasteiger partial charge in [0.05, 0.1) is 13.2 Å². The number of methoxy groups -OCH3 is 1. The van der Waals surface area contributed by atoms with E-state index in [0.717, 1.165) is 0 Å². The third kappa shape index (κ3) is 3.65. The van der Waals surface area contributed by atoms with Crippen LogP contribution >= 0.6 is 0 Å². The van der Waals surface area contributed by atoms with Gasteiger partial charge in [0, 0.05) is 16.8 Å². The van der Waals surface area contributed by atoms with Crippen molar-refractivity contribution in [2.24, 2.45) is 5.92 Å². The van der Waals surface area contributed by atoms with Crippen molar-refractivity contribution in [1.82, 2.24) is 0 Å². The number of rotatable bonds is 5. The molecule has 0 saturated carbocycles. The number of benzene rings is 3. The summed E-state index contributed by atoms with van der Waals surface area (Å²) in [5, 5.41) is 0. The summed E-state index contributed by atoms with van der Waals surface area (Å²) in [5.74, 6) is -0.819. The molecule has 0 radical (unpaired) electrons. The number of Topliss-reactive ketones (excluding diaryl/α,β-unsaturated/α-hetero) is 2. The van der Waals surface area contributed by atoms with Crippen LogP contribution in [0.2, 0.25) is 0 Å². The molecule has 6 heteroatoms. The number of nitrogens with zero attached hydrogens (tertiary/aromatic N) is 1. The van der Waals surface area contributed by atoms with Crippen LogP contribution in [-0.4, -0.2) is 24.6 Å². The molecule has 1 fully saturated rings. The van der Waals surface area contributed by atoms with Crippen molar-refractivity contribution in [3.05, 3.63) is 95.3 Å². The number of carbonyl (C=O) groups excluding carboxylic acids is 3. The van der Waals surface area contributed by atoms with Crippen LogP contribution in [0.4, 0.5) is 10.1 Å². The fourth-order valence-electron chi connectivity index (χ4n) is 3.87. The molecule has 0 spiro atoms.